The molecule has 1 amide bonds. The molecule has 2 aromatic rings. The van der Waals surface area contributed by atoms with Crippen LogP contribution in [0.3, 0.4) is 0 Å². The fourth-order valence-corrected chi connectivity index (χ4v) is 4.03. The summed E-state index contributed by atoms with van der Waals surface area (Å²) in [5, 5.41) is 13.0. The first kappa shape index (κ1) is 18.9. The van der Waals surface area contributed by atoms with Gasteiger partial charge in [-0.25, -0.2) is 0 Å². The fraction of sp³-hybridized carbons (Fsp3) is 0.455. The molecule has 0 bridgehead atoms. The van der Waals surface area contributed by atoms with E-state index in [0.29, 0.717) is 25.2 Å². The number of anilines is 1. The van der Waals surface area contributed by atoms with Gasteiger partial charge in [0.1, 0.15) is 0 Å². The predicted octanol–water partition coefficient (Wildman–Crippen LogP) is 2.03. The molecular weight excluding hydrogens is 354 g/mol. The molecule has 1 unspecified atom stereocenters. The Balaban J connectivity index is 1.51. The summed E-state index contributed by atoms with van der Waals surface area (Å²) in [5.41, 5.74) is 2.60. The average molecular weight is 381 g/mol. The lowest BCUT2D eigenvalue weighted by atomic mass is 9.75. The minimum absolute atomic E-state index is 0.0384. The second-order valence-corrected chi connectivity index (χ2v) is 7.61. The van der Waals surface area contributed by atoms with Gasteiger partial charge in [-0.2, -0.15) is 0 Å². The van der Waals surface area contributed by atoms with E-state index in [2.05, 4.69) is 15.2 Å². The van der Waals surface area contributed by atoms with Gasteiger partial charge in [0.2, 0.25) is 0 Å². The number of morpholine rings is 1. The van der Waals surface area contributed by atoms with Gasteiger partial charge in [-0.1, -0.05) is 18.2 Å². The van der Waals surface area contributed by atoms with Crippen molar-refractivity contribution in [2.75, 3.05) is 31.2 Å². The Bertz CT molecular complexity index is 787. The van der Waals surface area contributed by atoms with Crippen LogP contribution < -0.4 is 10.2 Å². The van der Waals surface area contributed by atoms with Gasteiger partial charge in [-0.15, -0.1) is 0 Å². The number of aliphatic hydroxyl groups excluding tert-OH is 1. The smallest absolute Gasteiger partial charge is 0.253 e. The van der Waals surface area contributed by atoms with Crippen LogP contribution >= 0.6 is 0 Å². The Morgan fingerprint density at radius 1 is 1.18 bits per heavy atom. The number of amides is 1. The number of hydrogen-bond acceptors (Lipinski definition) is 5. The summed E-state index contributed by atoms with van der Waals surface area (Å²) in [6, 6.07) is 13.6. The fourth-order valence-electron chi connectivity index (χ4n) is 4.03. The lowest BCUT2D eigenvalue weighted by Gasteiger charge is -2.38. The number of aromatic nitrogens is 1. The molecule has 1 aromatic carbocycles. The molecule has 0 spiro atoms. The molecule has 1 saturated carbocycles. The maximum absolute atomic E-state index is 13.2. The largest absolute Gasteiger partial charge is 0.393 e. The topological polar surface area (TPSA) is 74.7 Å². The van der Waals surface area contributed by atoms with Gasteiger partial charge in [0.15, 0.2) is 0 Å². The summed E-state index contributed by atoms with van der Waals surface area (Å²) >= 11 is 0. The van der Waals surface area contributed by atoms with Crippen LogP contribution in [0.1, 0.15) is 28.9 Å². The zero-order valence-corrected chi connectivity index (χ0v) is 16.0. The Morgan fingerprint density at radius 2 is 1.93 bits per heavy atom. The minimum Gasteiger partial charge on any atom is -0.393 e. The van der Waals surface area contributed by atoms with Crippen LogP contribution in [0.2, 0.25) is 0 Å². The van der Waals surface area contributed by atoms with Gasteiger partial charge in [0.25, 0.3) is 5.91 Å². The van der Waals surface area contributed by atoms with E-state index >= 15 is 0 Å². The molecule has 4 rings (SSSR count). The zero-order chi connectivity index (χ0) is 19.3. The second kappa shape index (κ2) is 8.71. The first-order valence-electron chi connectivity index (χ1n) is 10.0. The van der Waals surface area contributed by atoms with Crippen molar-refractivity contribution >= 4 is 11.6 Å². The van der Waals surface area contributed by atoms with Gasteiger partial charge in [-0.3, -0.25) is 9.78 Å². The predicted molar refractivity (Wildman–Crippen MR) is 107 cm³/mol. The van der Waals surface area contributed by atoms with Crippen molar-refractivity contribution in [3.05, 3.63) is 59.9 Å². The van der Waals surface area contributed by atoms with E-state index in [0.717, 1.165) is 37.3 Å². The molecule has 1 atom stereocenters. The molecule has 2 heterocycles. The van der Waals surface area contributed by atoms with E-state index < -0.39 is 0 Å². The molecular formula is C22H27N3O3. The average Bonchev–Trinajstić information content (AvgIpc) is 2.72. The highest BCUT2D eigenvalue weighted by Gasteiger charge is 2.35. The molecule has 1 aromatic heterocycles. The highest BCUT2D eigenvalue weighted by molar-refractivity contribution is 6.00. The summed E-state index contributed by atoms with van der Waals surface area (Å²) in [6.45, 7) is 2.93. The van der Waals surface area contributed by atoms with Gasteiger partial charge >= 0.3 is 0 Å². The third-order valence-electron chi connectivity index (χ3n) is 5.69. The number of para-hydroxylation sites is 1. The number of rotatable bonds is 6. The normalized spacial score (nSPS) is 23.0. The Kier molecular flexibility index (Phi) is 5.88. The molecule has 1 aliphatic carbocycles. The maximum atomic E-state index is 13.2. The van der Waals surface area contributed by atoms with E-state index in [1.807, 2.05) is 42.5 Å². The summed E-state index contributed by atoms with van der Waals surface area (Å²) in [4.78, 5) is 19.8. The third-order valence-corrected chi connectivity index (χ3v) is 5.69. The molecule has 6 nitrogen and oxygen atoms in total. The summed E-state index contributed by atoms with van der Waals surface area (Å²) in [5.74, 6) is 0.209. The van der Waals surface area contributed by atoms with E-state index in [1.165, 1.54) is 0 Å². The van der Waals surface area contributed by atoms with Gasteiger partial charge in [-0.05, 0) is 43.0 Å². The van der Waals surface area contributed by atoms with Crippen LogP contribution in [0.25, 0.3) is 0 Å². The standard InChI is InChI=1S/C22H27N3O3/c26-18-13-16(14-18)20(15-17-5-3-4-8-23-17)24-22(27)19-6-1-2-7-21(19)25-9-11-28-12-10-25/h1-8,16,18,20,26H,9-15H2,(H,24,27). The van der Waals surface area contributed by atoms with E-state index in [4.69, 9.17) is 4.74 Å². The van der Waals surface area contributed by atoms with Crippen molar-refractivity contribution in [3.63, 3.8) is 0 Å². The SMILES string of the molecule is O=C(NC(Cc1ccccn1)C1CC(O)C1)c1ccccc1N1CCOCC1. The van der Waals surface area contributed by atoms with E-state index in [1.54, 1.807) is 6.20 Å². The van der Waals surface area contributed by atoms with Crippen molar-refractivity contribution < 1.29 is 14.6 Å². The number of carbonyl (C=O) groups excluding carboxylic acids is 1. The third kappa shape index (κ3) is 4.34. The highest BCUT2D eigenvalue weighted by atomic mass is 16.5. The second-order valence-electron chi connectivity index (χ2n) is 7.61. The van der Waals surface area contributed by atoms with Crippen LogP contribution in [0.5, 0.6) is 0 Å². The van der Waals surface area contributed by atoms with Crippen molar-refractivity contribution in [3.8, 4) is 0 Å². The number of aliphatic hydroxyl groups is 1. The molecule has 28 heavy (non-hydrogen) atoms. The van der Waals surface area contributed by atoms with E-state index in [-0.39, 0.29) is 24.0 Å². The van der Waals surface area contributed by atoms with Crippen LogP contribution in [-0.4, -0.2) is 54.4 Å². The van der Waals surface area contributed by atoms with Crippen molar-refractivity contribution in [2.24, 2.45) is 5.92 Å². The molecule has 0 radical (unpaired) electrons. The Morgan fingerprint density at radius 3 is 2.64 bits per heavy atom. The number of ether oxygens (including phenoxy) is 1. The Labute approximate surface area is 165 Å². The number of nitrogens with zero attached hydrogens (tertiary/aromatic N) is 2. The van der Waals surface area contributed by atoms with Crippen molar-refractivity contribution in [2.45, 2.75) is 31.4 Å². The van der Waals surface area contributed by atoms with Crippen molar-refractivity contribution in [1.29, 1.82) is 0 Å². The zero-order valence-electron chi connectivity index (χ0n) is 16.0. The summed E-state index contributed by atoms with van der Waals surface area (Å²) in [7, 11) is 0. The van der Waals surface area contributed by atoms with Crippen LogP contribution in [0.15, 0.2) is 48.7 Å². The first-order valence-corrected chi connectivity index (χ1v) is 10.0. The Hall–Kier alpha value is -2.44. The summed E-state index contributed by atoms with van der Waals surface area (Å²) < 4.78 is 5.44. The van der Waals surface area contributed by atoms with Crippen LogP contribution in [0, 0.1) is 5.92 Å². The number of pyridine rings is 1. The monoisotopic (exact) mass is 381 g/mol. The van der Waals surface area contributed by atoms with E-state index in [9.17, 15) is 9.90 Å². The van der Waals surface area contributed by atoms with Gasteiger partial charge < -0.3 is 20.1 Å². The van der Waals surface area contributed by atoms with Crippen LogP contribution in [-0.2, 0) is 11.2 Å². The molecule has 148 valence electrons. The quantitative estimate of drug-likeness (QED) is 0.801. The maximum Gasteiger partial charge on any atom is 0.253 e. The molecule has 2 N–H and O–H groups in total. The summed E-state index contributed by atoms with van der Waals surface area (Å²) in [6.07, 6.45) is 3.64. The molecule has 6 heteroatoms. The highest BCUT2D eigenvalue weighted by Crippen LogP contribution is 2.32. The number of carbonyl (C=O) groups is 1. The van der Waals surface area contributed by atoms with Crippen molar-refractivity contribution in [1.82, 2.24) is 10.3 Å². The number of hydrogen-bond donors (Lipinski definition) is 2. The van der Waals surface area contributed by atoms with Gasteiger partial charge in [0.05, 0.1) is 24.9 Å². The first-order chi connectivity index (χ1) is 13.7. The number of benzene rings is 1. The number of nitrogens with one attached hydrogen (secondary N) is 1. The minimum atomic E-state index is -0.256. The molecule has 2 fully saturated rings. The van der Waals surface area contributed by atoms with Crippen LogP contribution in [0.4, 0.5) is 5.69 Å². The lowest BCUT2D eigenvalue weighted by molar-refractivity contribution is 0.0238. The molecule has 1 aliphatic heterocycles. The molecule has 2 aliphatic rings. The lowest BCUT2D eigenvalue weighted by Crippen LogP contribution is -2.48. The molecule has 1 saturated heterocycles. The van der Waals surface area contributed by atoms with Gasteiger partial charge in [0, 0.05) is 43.1 Å².